The molecule has 3 heterocycles. The number of hydrogen-bond donors (Lipinski definition) is 11. The maximum atomic E-state index is 10.7. The lowest BCUT2D eigenvalue weighted by Crippen LogP contribution is -2.62. The van der Waals surface area contributed by atoms with Gasteiger partial charge in [-0.1, -0.05) is 12.2 Å². The van der Waals surface area contributed by atoms with Gasteiger partial charge in [-0.2, -0.15) is 0 Å². The van der Waals surface area contributed by atoms with Crippen molar-refractivity contribution in [1.82, 2.24) is 0 Å². The van der Waals surface area contributed by atoms with Crippen LogP contribution in [0.4, 0.5) is 0 Å². The topological polar surface area (TPSA) is 296 Å². The van der Waals surface area contributed by atoms with Crippen LogP contribution >= 0.6 is 0 Å². The first-order valence-corrected chi connectivity index (χ1v) is 15.0. The molecule has 0 bridgehead atoms. The van der Waals surface area contributed by atoms with Gasteiger partial charge in [-0.3, -0.25) is 0 Å². The Morgan fingerprint density at radius 2 is 1.02 bits per heavy atom. The van der Waals surface area contributed by atoms with Crippen molar-refractivity contribution in [1.29, 1.82) is 0 Å². The zero-order valence-electron chi connectivity index (χ0n) is 26.0. The van der Waals surface area contributed by atoms with Crippen LogP contribution in [-0.4, -0.2) is 189 Å². The summed E-state index contributed by atoms with van der Waals surface area (Å²) in [4.78, 5) is 0. The van der Waals surface area contributed by atoms with E-state index in [2.05, 4.69) is 0 Å². The molecule has 3 fully saturated rings. The average Bonchev–Trinajstić information content (AvgIpc) is 3.09. The maximum Gasteiger partial charge on any atom is 0.229 e. The highest BCUT2D eigenvalue weighted by Crippen LogP contribution is 2.41. The molecule has 0 spiro atoms. The van der Waals surface area contributed by atoms with Crippen LogP contribution in [0.5, 0.6) is 17.2 Å². The first kappa shape index (κ1) is 38.5. The van der Waals surface area contributed by atoms with Crippen molar-refractivity contribution in [3.8, 4) is 17.2 Å². The average molecular weight is 697 g/mol. The fraction of sp³-hybridized carbons (Fsp3) is 0.724. The highest BCUT2D eigenvalue weighted by atomic mass is 16.7. The molecule has 3 saturated heterocycles. The van der Waals surface area contributed by atoms with E-state index in [0.717, 1.165) is 0 Å². The third kappa shape index (κ3) is 8.36. The van der Waals surface area contributed by atoms with Gasteiger partial charge in [-0.05, 0) is 17.7 Å². The summed E-state index contributed by atoms with van der Waals surface area (Å²) in [6, 6.07) is 3.03. The van der Waals surface area contributed by atoms with Crippen molar-refractivity contribution in [2.24, 2.45) is 0 Å². The quantitative estimate of drug-likeness (QED) is 0.0917. The van der Waals surface area contributed by atoms with E-state index in [1.165, 1.54) is 32.4 Å². The molecule has 48 heavy (non-hydrogen) atoms. The Balaban J connectivity index is 1.42. The fourth-order valence-corrected chi connectivity index (χ4v) is 5.31. The molecule has 1 aromatic rings. The Hall–Kier alpha value is -2.28. The van der Waals surface area contributed by atoms with Crippen molar-refractivity contribution < 1.29 is 94.1 Å². The lowest BCUT2D eigenvalue weighted by atomic mass is 9.98. The molecular weight excluding hydrogens is 652 g/mol. The zero-order chi connectivity index (χ0) is 35.3. The van der Waals surface area contributed by atoms with Crippen LogP contribution in [0.25, 0.3) is 6.08 Å². The van der Waals surface area contributed by atoms with Crippen molar-refractivity contribution >= 4 is 6.08 Å². The molecule has 3 aliphatic rings. The molecule has 19 nitrogen and oxygen atoms in total. The third-order valence-electron chi connectivity index (χ3n) is 8.17. The maximum absolute atomic E-state index is 10.7. The summed E-state index contributed by atoms with van der Waals surface area (Å²) in [7, 11) is 2.65. The summed E-state index contributed by atoms with van der Waals surface area (Å²) in [5.41, 5.74) is 0.500. The summed E-state index contributed by atoms with van der Waals surface area (Å²) < 4.78 is 43.9. The molecule has 274 valence electrons. The van der Waals surface area contributed by atoms with Gasteiger partial charge in [0.1, 0.15) is 73.2 Å². The standard InChI is InChI=1S/C29H44O19/c1-41-12-6-11(4-3-5-43-27-23(38)20(35)17(32)14(8-30)45-27)7-13(42-2)26(12)48-29-25(40)22(37)19(34)16(47-29)10-44-28-24(39)21(36)18(33)15(9-31)46-28/h3-4,6-7,14-25,27-40H,5,8-10H2,1-2H3. The molecule has 15 unspecified atom stereocenters. The summed E-state index contributed by atoms with van der Waals surface area (Å²) in [5, 5.41) is 111. The van der Waals surface area contributed by atoms with Crippen LogP contribution in [0.3, 0.4) is 0 Å². The molecule has 1 aromatic carbocycles. The molecule has 0 aromatic heterocycles. The summed E-state index contributed by atoms with van der Waals surface area (Å²) in [6.45, 7) is -1.98. The van der Waals surface area contributed by atoms with Crippen LogP contribution in [-0.2, 0) is 23.7 Å². The Labute approximate surface area is 274 Å². The second-order valence-electron chi connectivity index (χ2n) is 11.4. The number of hydrogen-bond acceptors (Lipinski definition) is 19. The lowest BCUT2D eigenvalue weighted by molar-refractivity contribution is -0.323. The number of aliphatic hydroxyl groups is 11. The first-order chi connectivity index (χ1) is 22.9. The highest BCUT2D eigenvalue weighted by molar-refractivity contribution is 5.62. The van der Waals surface area contributed by atoms with Gasteiger partial charge in [0.25, 0.3) is 0 Å². The third-order valence-corrected chi connectivity index (χ3v) is 8.17. The summed E-state index contributed by atoms with van der Waals surface area (Å²) in [5.74, 6) is 0.125. The molecule has 0 radical (unpaired) electrons. The van der Waals surface area contributed by atoms with Gasteiger partial charge in [0.15, 0.2) is 24.1 Å². The van der Waals surface area contributed by atoms with Crippen molar-refractivity contribution in [2.45, 2.75) is 92.1 Å². The van der Waals surface area contributed by atoms with Crippen LogP contribution in [0, 0.1) is 0 Å². The normalized spacial score (nSPS) is 40.6. The molecule has 0 aliphatic carbocycles. The minimum absolute atomic E-state index is 0.0593. The molecule has 15 atom stereocenters. The largest absolute Gasteiger partial charge is 0.493 e. The van der Waals surface area contributed by atoms with Gasteiger partial charge in [0.2, 0.25) is 12.0 Å². The lowest BCUT2D eigenvalue weighted by Gasteiger charge is -2.42. The Bertz CT molecular complexity index is 1160. The van der Waals surface area contributed by atoms with E-state index in [9.17, 15) is 56.2 Å². The van der Waals surface area contributed by atoms with Gasteiger partial charge in [-0.25, -0.2) is 0 Å². The summed E-state index contributed by atoms with van der Waals surface area (Å²) >= 11 is 0. The van der Waals surface area contributed by atoms with Gasteiger partial charge in [0, 0.05) is 0 Å². The SMILES string of the molecule is COc1cc(C=CCOC2OC(CO)C(O)C(O)C2O)cc(OC)c1OC1OC(COC2OC(CO)C(O)C(O)C2O)C(O)C(O)C1O. The highest BCUT2D eigenvalue weighted by Gasteiger charge is 2.48. The molecule has 19 heteroatoms. The van der Waals surface area contributed by atoms with Crippen molar-refractivity contribution in [3.63, 3.8) is 0 Å². The molecular formula is C29H44O19. The van der Waals surface area contributed by atoms with E-state index >= 15 is 0 Å². The second-order valence-corrected chi connectivity index (χ2v) is 11.4. The molecule has 0 amide bonds. The van der Waals surface area contributed by atoms with Crippen molar-refractivity contribution in [3.05, 3.63) is 23.8 Å². The van der Waals surface area contributed by atoms with Crippen molar-refractivity contribution in [2.75, 3.05) is 40.6 Å². The van der Waals surface area contributed by atoms with Gasteiger partial charge >= 0.3 is 0 Å². The molecule has 3 aliphatic heterocycles. The molecule has 11 N–H and O–H groups in total. The van der Waals surface area contributed by atoms with E-state index in [4.69, 9.17) is 37.9 Å². The Kier molecular flexibility index (Phi) is 13.7. The second kappa shape index (κ2) is 17.1. The van der Waals surface area contributed by atoms with E-state index in [-0.39, 0.29) is 23.9 Å². The van der Waals surface area contributed by atoms with E-state index < -0.39 is 112 Å². The van der Waals surface area contributed by atoms with Gasteiger partial charge in [0.05, 0.1) is 40.6 Å². The minimum Gasteiger partial charge on any atom is -0.493 e. The molecule has 0 saturated carbocycles. The van der Waals surface area contributed by atoms with Gasteiger partial charge < -0.3 is 94.1 Å². The number of rotatable bonds is 13. The predicted molar refractivity (Wildman–Crippen MR) is 155 cm³/mol. The Morgan fingerprint density at radius 1 is 0.583 bits per heavy atom. The number of aliphatic hydroxyl groups excluding tert-OH is 11. The minimum atomic E-state index is -1.80. The van der Waals surface area contributed by atoms with E-state index in [1.54, 1.807) is 6.08 Å². The van der Waals surface area contributed by atoms with E-state index in [1.807, 2.05) is 0 Å². The zero-order valence-corrected chi connectivity index (χ0v) is 26.0. The first-order valence-electron chi connectivity index (χ1n) is 15.0. The summed E-state index contributed by atoms with van der Waals surface area (Å²) in [6.07, 6.45) is -20.2. The number of ether oxygens (including phenoxy) is 8. The van der Waals surface area contributed by atoms with Crippen LogP contribution in [0.15, 0.2) is 18.2 Å². The van der Waals surface area contributed by atoms with E-state index in [0.29, 0.717) is 5.56 Å². The fourth-order valence-electron chi connectivity index (χ4n) is 5.31. The van der Waals surface area contributed by atoms with Crippen LogP contribution < -0.4 is 14.2 Å². The number of benzene rings is 1. The van der Waals surface area contributed by atoms with Gasteiger partial charge in [-0.15, -0.1) is 0 Å². The van der Waals surface area contributed by atoms with Crippen LogP contribution in [0.2, 0.25) is 0 Å². The predicted octanol–water partition coefficient (Wildman–Crippen LogP) is -5.46. The molecule has 4 rings (SSSR count). The monoisotopic (exact) mass is 696 g/mol. The van der Waals surface area contributed by atoms with Crippen LogP contribution in [0.1, 0.15) is 5.56 Å². The smallest absolute Gasteiger partial charge is 0.229 e. The number of methoxy groups -OCH3 is 2. The Morgan fingerprint density at radius 3 is 1.50 bits per heavy atom.